The highest BCUT2D eigenvalue weighted by Gasteiger charge is 2.15. The van der Waals surface area contributed by atoms with Crippen LogP contribution in [0.1, 0.15) is 68.7 Å². The number of rotatable bonds is 8. The van der Waals surface area contributed by atoms with E-state index in [2.05, 4.69) is 51.3 Å². The Morgan fingerprint density at radius 1 is 1.11 bits per heavy atom. The number of nitrogens with zero attached hydrogens (tertiary/aromatic N) is 5. The Hall–Kier alpha value is -2.38. The van der Waals surface area contributed by atoms with Gasteiger partial charge in [-0.2, -0.15) is 0 Å². The average Bonchev–Trinajstić information content (AvgIpc) is 3.21. The summed E-state index contributed by atoms with van der Waals surface area (Å²) in [5.74, 6) is 3.95. The normalized spacial score (nSPS) is 14.6. The van der Waals surface area contributed by atoms with E-state index in [9.17, 15) is 0 Å². The fourth-order valence-electron chi connectivity index (χ4n) is 3.64. The third-order valence-electron chi connectivity index (χ3n) is 5.17. The van der Waals surface area contributed by atoms with Crippen LogP contribution in [0.3, 0.4) is 0 Å². The molecule has 0 bridgehead atoms. The van der Waals surface area contributed by atoms with Gasteiger partial charge in [0, 0.05) is 44.5 Å². The maximum atomic E-state index is 5.44. The lowest BCUT2D eigenvalue weighted by Gasteiger charge is -2.12. The number of aryl methyl sites for hydroxylation is 3. The van der Waals surface area contributed by atoms with Gasteiger partial charge in [0.1, 0.15) is 17.4 Å². The lowest BCUT2D eigenvalue weighted by atomic mass is 10.1. The standard InChI is InChI=1S/C20H33N7O/c1-4-16-15(17(5-2)28-26-16)14-23-20(21-6-3)22-12-11-19-25-24-18-10-8-7-9-13-27(18)19/h4-14H2,1-3H3,(H2,21,22,23). The fourth-order valence-corrected chi connectivity index (χ4v) is 3.64. The van der Waals surface area contributed by atoms with E-state index in [4.69, 9.17) is 9.52 Å². The van der Waals surface area contributed by atoms with E-state index >= 15 is 0 Å². The van der Waals surface area contributed by atoms with Crippen molar-refractivity contribution in [3.05, 3.63) is 28.7 Å². The van der Waals surface area contributed by atoms with Crippen LogP contribution in [0.15, 0.2) is 9.52 Å². The largest absolute Gasteiger partial charge is 0.361 e. The number of guanidine groups is 1. The Labute approximate surface area is 167 Å². The van der Waals surface area contributed by atoms with E-state index in [0.29, 0.717) is 6.54 Å². The van der Waals surface area contributed by atoms with Crippen molar-refractivity contribution in [2.75, 3.05) is 13.1 Å². The highest BCUT2D eigenvalue weighted by atomic mass is 16.5. The second-order valence-corrected chi connectivity index (χ2v) is 7.10. The van der Waals surface area contributed by atoms with Gasteiger partial charge in [0.05, 0.1) is 12.2 Å². The third kappa shape index (κ3) is 4.91. The second-order valence-electron chi connectivity index (χ2n) is 7.10. The van der Waals surface area contributed by atoms with Crippen LogP contribution in [-0.4, -0.2) is 39.0 Å². The molecule has 2 aromatic rings. The van der Waals surface area contributed by atoms with Gasteiger partial charge < -0.3 is 19.7 Å². The minimum atomic E-state index is 0.575. The van der Waals surface area contributed by atoms with Crippen molar-refractivity contribution in [1.29, 1.82) is 0 Å². The monoisotopic (exact) mass is 387 g/mol. The summed E-state index contributed by atoms with van der Waals surface area (Å²) in [5.41, 5.74) is 2.12. The summed E-state index contributed by atoms with van der Waals surface area (Å²) in [6, 6.07) is 0. The van der Waals surface area contributed by atoms with Crippen LogP contribution in [0.5, 0.6) is 0 Å². The Balaban J connectivity index is 1.60. The first-order valence-corrected chi connectivity index (χ1v) is 10.7. The first-order valence-electron chi connectivity index (χ1n) is 10.7. The van der Waals surface area contributed by atoms with E-state index in [0.717, 1.165) is 79.9 Å². The molecular weight excluding hydrogens is 354 g/mol. The smallest absolute Gasteiger partial charge is 0.191 e. The Bertz CT molecular complexity index is 756. The van der Waals surface area contributed by atoms with Crippen LogP contribution in [-0.2, 0) is 38.8 Å². The Morgan fingerprint density at radius 2 is 2.00 bits per heavy atom. The van der Waals surface area contributed by atoms with Crippen molar-refractivity contribution in [3.63, 3.8) is 0 Å². The van der Waals surface area contributed by atoms with Crippen molar-refractivity contribution in [2.45, 2.75) is 78.8 Å². The zero-order valence-corrected chi connectivity index (χ0v) is 17.4. The lowest BCUT2D eigenvalue weighted by molar-refractivity contribution is 0.380. The van der Waals surface area contributed by atoms with Crippen LogP contribution >= 0.6 is 0 Å². The van der Waals surface area contributed by atoms with Gasteiger partial charge in [-0.3, -0.25) is 0 Å². The molecule has 0 saturated heterocycles. The molecule has 0 aromatic carbocycles. The molecule has 0 unspecified atom stereocenters. The van der Waals surface area contributed by atoms with Crippen LogP contribution in [0.25, 0.3) is 0 Å². The van der Waals surface area contributed by atoms with Gasteiger partial charge in [-0.05, 0) is 26.2 Å². The molecule has 154 valence electrons. The summed E-state index contributed by atoms with van der Waals surface area (Å²) < 4.78 is 7.75. The molecule has 0 radical (unpaired) electrons. The van der Waals surface area contributed by atoms with E-state index < -0.39 is 0 Å². The summed E-state index contributed by atoms with van der Waals surface area (Å²) in [6.07, 6.45) is 7.29. The minimum absolute atomic E-state index is 0.575. The summed E-state index contributed by atoms with van der Waals surface area (Å²) in [5, 5.41) is 19.7. The number of aromatic nitrogens is 4. The molecule has 3 heterocycles. The SMILES string of the molecule is CCNC(=NCc1c(CC)noc1CC)NCCc1nnc2n1CCCCC2. The number of fused-ring (bicyclic) bond motifs is 1. The van der Waals surface area contributed by atoms with Crippen molar-refractivity contribution in [3.8, 4) is 0 Å². The molecule has 0 spiro atoms. The zero-order chi connectivity index (χ0) is 19.8. The van der Waals surface area contributed by atoms with Gasteiger partial charge in [0.2, 0.25) is 0 Å². The molecule has 2 aromatic heterocycles. The summed E-state index contributed by atoms with van der Waals surface area (Å²) in [4.78, 5) is 4.75. The van der Waals surface area contributed by atoms with Crippen LogP contribution in [0.4, 0.5) is 0 Å². The topological polar surface area (TPSA) is 93.2 Å². The van der Waals surface area contributed by atoms with Gasteiger partial charge in [-0.1, -0.05) is 25.4 Å². The highest BCUT2D eigenvalue weighted by molar-refractivity contribution is 5.79. The molecule has 0 aliphatic carbocycles. The molecule has 8 heteroatoms. The number of aliphatic imine (C=N–C) groups is 1. The van der Waals surface area contributed by atoms with Crippen LogP contribution in [0.2, 0.25) is 0 Å². The quantitative estimate of drug-likeness (QED) is 0.534. The van der Waals surface area contributed by atoms with Crippen molar-refractivity contribution >= 4 is 5.96 Å². The fraction of sp³-hybridized carbons (Fsp3) is 0.700. The summed E-state index contributed by atoms with van der Waals surface area (Å²) in [6.45, 7) is 9.45. The first kappa shape index (κ1) is 20.4. The van der Waals surface area contributed by atoms with Crippen LogP contribution in [0, 0.1) is 0 Å². The lowest BCUT2D eigenvalue weighted by Crippen LogP contribution is -2.38. The molecule has 2 N–H and O–H groups in total. The maximum absolute atomic E-state index is 5.44. The van der Waals surface area contributed by atoms with E-state index in [-0.39, 0.29) is 0 Å². The number of nitrogens with one attached hydrogen (secondary N) is 2. The molecule has 0 fully saturated rings. The minimum Gasteiger partial charge on any atom is -0.361 e. The van der Waals surface area contributed by atoms with Crippen molar-refractivity contribution in [1.82, 2.24) is 30.6 Å². The van der Waals surface area contributed by atoms with E-state index in [1.807, 2.05) is 0 Å². The predicted molar refractivity (Wildman–Crippen MR) is 109 cm³/mol. The Kier molecular flexibility index (Phi) is 7.45. The maximum Gasteiger partial charge on any atom is 0.191 e. The molecule has 3 rings (SSSR count). The van der Waals surface area contributed by atoms with Crippen molar-refractivity contribution < 1.29 is 4.52 Å². The van der Waals surface area contributed by atoms with Gasteiger partial charge >= 0.3 is 0 Å². The molecule has 0 amide bonds. The first-order chi connectivity index (χ1) is 13.8. The van der Waals surface area contributed by atoms with Gasteiger partial charge in [-0.25, -0.2) is 4.99 Å². The third-order valence-corrected chi connectivity index (χ3v) is 5.17. The van der Waals surface area contributed by atoms with Crippen LogP contribution < -0.4 is 10.6 Å². The zero-order valence-electron chi connectivity index (χ0n) is 17.4. The summed E-state index contributed by atoms with van der Waals surface area (Å²) in [7, 11) is 0. The molecule has 0 atom stereocenters. The summed E-state index contributed by atoms with van der Waals surface area (Å²) >= 11 is 0. The van der Waals surface area contributed by atoms with Gasteiger partial charge in [0.25, 0.3) is 0 Å². The molecule has 1 aliphatic heterocycles. The van der Waals surface area contributed by atoms with E-state index in [1.54, 1.807) is 0 Å². The highest BCUT2D eigenvalue weighted by Crippen LogP contribution is 2.17. The molecule has 1 aliphatic rings. The molecule has 8 nitrogen and oxygen atoms in total. The molecule has 28 heavy (non-hydrogen) atoms. The molecular formula is C20H33N7O. The average molecular weight is 388 g/mol. The molecule has 0 saturated carbocycles. The van der Waals surface area contributed by atoms with E-state index in [1.165, 1.54) is 19.3 Å². The van der Waals surface area contributed by atoms with Gasteiger partial charge in [0.15, 0.2) is 5.96 Å². The predicted octanol–water partition coefficient (Wildman–Crippen LogP) is 2.42. The second kappa shape index (κ2) is 10.2. The van der Waals surface area contributed by atoms with Crippen molar-refractivity contribution in [2.24, 2.45) is 4.99 Å². The Morgan fingerprint density at radius 3 is 2.79 bits per heavy atom. The number of hydrogen-bond acceptors (Lipinski definition) is 5. The number of hydrogen-bond donors (Lipinski definition) is 2. The van der Waals surface area contributed by atoms with Gasteiger partial charge in [-0.15, -0.1) is 10.2 Å².